The molecule has 7 heteroatoms. The standard InChI is InChI=1S/C13H26N4O3/c1-10-3-4-11(7-14)8-17(10)9-12(18)16-13(19)15-5-6-20-2/h10-11H,3-9,14H2,1-2H3,(H2,15,16,18,19). The number of methoxy groups -OCH3 is 1. The Hall–Kier alpha value is -1.18. The highest BCUT2D eigenvalue weighted by molar-refractivity contribution is 5.95. The topological polar surface area (TPSA) is 96.7 Å². The van der Waals surface area contributed by atoms with Crippen molar-refractivity contribution in [2.24, 2.45) is 11.7 Å². The number of likely N-dealkylation sites (tertiary alicyclic amines) is 1. The third-order valence-electron chi connectivity index (χ3n) is 3.63. The van der Waals surface area contributed by atoms with E-state index in [0.29, 0.717) is 31.7 Å². The maximum atomic E-state index is 11.8. The van der Waals surface area contributed by atoms with Crippen molar-refractivity contribution in [2.75, 3.05) is 39.9 Å². The Morgan fingerprint density at radius 3 is 2.80 bits per heavy atom. The Labute approximate surface area is 120 Å². The zero-order chi connectivity index (χ0) is 15.0. The second-order valence-electron chi connectivity index (χ2n) is 5.25. The van der Waals surface area contributed by atoms with Crippen LogP contribution in [0.25, 0.3) is 0 Å². The molecule has 20 heavy (non-hydrogen) atoms. The van der Waals surface area contributed by atoms with Gasteiger partial charge in [0.15, 0.2) is 0 Å². The van der Waals surface area contributed by atoms with Gasteiger partial charge in [-0.05, 0) is 32.2 Å². The van der Waals surface area contributed by atoms with Gasteiger partial charge in [0, 0.05) is 26.2 Å². The van der Waals surface area contributed by atoms with Gasteiger partial charge in [-0.15, -0.1) is 0 Å². The van der Waals surface area contributed by atoms with Crippen LogP contribution >= 0.6 is 0 Å². The van der Waals surface area contributed by atoms with Gasteiger partial charge in [-0.2, -0.15) is 0 Å². The summed E-state index contributed by atoms with van der Waals surface area (Å²) in [5, 5.41) is 4.87. The van der Waals surface area contributed by atoms with E-state index in [1.807, 2.05) is 0 Å². The van der Waals surface area contributed by atoms with Gasteiger partial charge in [0.1, 0.15) is 0 Å². The van der Waals surface area contributed by atoms with Crippen LogP contribution in [0.5, 0.6) is 0 Å². The van der Waals surface area contributed by atoms with Gasteiger partial charge >= 0.3 is 6.03 Å². The predicted molar refractivity (Wildman–Crippen MR) is 76.2 cm³/mol. The molecular weight excluding hydrogens is 260 g/mol. The SMILES string of the molecule is COCCNC(=O)NC(=O)CN1CC(CN)CCC1C. The Bertz CT molecular complexity index is 325. The normalized spacial score (nSPS) is 23.4. The number of amides is 3. The third-order valence-corrected chi connectivity index (χ3v) is 3.63. The number of imide groups is 1. The zero-order valence-electron chi connectivity index (χ0n) is 12.4. The van der Waals surface area contributed by atoms with Crippen LogP contribution in [0.15, 0.2) is 0 Å². The molecule has 116 valence electrons. The maximum Gasteiger partial charge on any atom is 0.321 e. The number of hydrogen-bond acceptors (Lipinski definition) is 5. The minimum absolute atomic E-state index is 0.232. The first-order valence-corrected chi connectivity index (χ1v) is 7.07. The number of hydrogen-bond donors (Lipinski definition) is 3. The molecule has 7 nitrogen and oxygen atoms in total. The molecule has 1 saturated heterocycles. The number of carbonyl (C=O) groups excluding carboxylic acids is 2. The van der Waals surface area contributed by atoms with E-state index in [1.54, 1.807) is 7.11 Å². The van der Waals surface area contributed by atoms with Crippen molar-refractivity contribution in [3.05, 3.63) is 0 Å². The van der Waals surface area contributed by atoms with Gasteiger partial charge in [0.05, 0.1) is 13.2 Å². The van der Waals surface area contributed by atoms with E-state index in [0.717, 1.165) is 19.4 Å². The molecule has 1 heterocycles. The molecule has 1 rings (SSSR count). The molecule has 4 N–H and O–H groups in total. The molecule has 2 atom stereocenters. The number of rotatable bonds is 6. The molecule has 3 amide bonds. The summed E-state index contributed by atoms with van der Waals surface area (Å²) in [6.45, 7) is 4.58. The molecule has 1 aliphatic rings. The van der Waals surface area contributed by atoms with Gasteiger partial charge in [-0.1, -0.05) is 0 Å². The van der Waals surface area contributed by atoms with Crippen molar-refractivity contribution in [1.29, 1.82) is 0 Å². The fourth-order valence-corrected chi connectivity index (χ4v) is 2.34. The molecule has 1 aliphatic heterocycles. The number of carbonyl (C=O) groups is 2. The van der Waals surface area contributed by atoms with Crippen LogP contribution < -0.4 is 16.4 Å². The second-order valence-corrected chi connectivity index (χ2v) is 5.25. The van der Waals surface area contributed by atoms with E-state index in [9.17, 15) is 9.59 Å². The van der Waals surface area contributed by atoms with E-state index < -0.39 is 6.03 Å². The fraction of sp³-hybridized carbons (Fsp3) is 0.846. The first-order chi connectivity index (χ1) is 9.56. The van der Waals surface area contributed by atoms with Crippen molar-refractivity contribution in [2.45, 2.75) is 25.8 Å². The molecule has 0 radical (unpaired) electrons. The minimum Gasteiger partial charge on any atom is -0.383 e. The van der Waals surface area contributed by atoms with Crippen molar-refractivity contribution >= 4 is 11.9 Å². The summed E-state index contributed by atoms with van der Waals surface area (Å²) in [4.78, 5) is 25.3. The fourth-order valence-electron chi connectivity index (χ4n) is 2.34. The summed E-state index contributed by atoms with van der Waals surface area (Å²) in [5.74, 6) is 0.152. The molecule has 0 spiro atoms. The van der Waals surface area contributed by atoms with Crippen LogP contribution in [0.2, 0.25) is 0 Å². The molecule has 1 fully saturated rings. The maximum absolute atomic E-state index is 11.8. The predicted octanol–water partition coefficient (Wildman–Crippen LogP) is -0.482. The first kappa shape index (κ1) is 16.9. The van der Waals surface area contributed by atoms with E-state index in [-0.39, 0.29) is 12.5 Å². The Kier molecular flexibility index (Phi) is 7.50. The minimum atomic E-state index is -0.480. The van der Waals surface area contributed by atoms with Crippen molar-refractivity contribution in [3.8, 4) is 0 Å². The average molecular weight is 286 g/mol. The van der Waals surface area contributed by atoms with Crippen molar-refractivity contribution in [1.82, 2.24) is 15.5 Å². The van der Waals surface area contributed by atoms with E-state index in [2.05, 4.69) is 22.5 Å². The van der Waals surface area contributed by atoms with Crippen LogP contribution in [0.3, 0.4) is 0 Å². The van der Waals surface area contributed by atoms with Crippen molar-refractivity contribution < 1.29 is 14.3 Å². The number of nitrogens with two attached hydrogens (primary N) is 1. The summed E-state index contributed by atoms with van der Waals surface area (Å²) in [6, 6.07) is -0.132. The summed E-state index contributed by atoms with van der Waals surface area (Å²) in [7, 11) is 1.55. The molecule has 0 aromatic rings. The van der Waals surface area contributed by atoms with Crippen LogP contribution in [-0.4, -0.2) is 62.8 Å². The molecule has 0 aromatic heterocycles. The highest BCUT2D eigenvalue weighted by atomic mass is 16.5. The lowest BCUT2D eigenvalue weighted by Crippen LogP contribution is -2.50. The molecule has 0 aromatic carbocycles. The van der Waals surface area contributed by atoms with Crippen LogP contribution in [0.1, 0.15) is 19.8 Å². The number of urea groups is 1. The Balaban J connectivity index is 2.31. The average Bonchev–Trinajstić information content (AvgIpc) is 2.41. The number of nitrogens with zero attached hydrogens (tertiary/aromatic N) is 1. The van der Waals surface area contributed by atoms with E-state index in [4.69, 9.17) is 10.5 Å². The molecule has 0 bridgehead atoms. The highest BCUT2D eigenvalue weighted by Gasteiger charge is 2.26. The smallest absolute Gasteiger partial charge is 0.321 e. The summed E-state index contributed by atoms with van der Waals surface area (Å²) in [5.41, 5.74) is 5.69. The molecule has 0 aliphatic carbocycles. The van der Waals surface area contributed by atoms with Crippen LogP contribution in [0, 0.1) is 5.92 Å². The molecule has 0 saturated carbocycles. The lowest BCUT2D eigenvalue weighted by molar-refractivity contribution is -0.122. The van der Waals surface area contributed by atoms with Crippen LogP contribution in [-0.2, 0) is 9.53 Å². The van der Waals surface area contributed by atoms with E-state index in [1.165, 1.54) is 0 Å². The Morgan fingerprint density at radius 2 is 2.15 bits per heavy atom. The number of piperidine rings is 1. The summed E-state index contributed by atoms with van der Waals surface area (Å²) >= 11 is 0. The highest BCUT2D eigenvalue weighted by Crippen LogP contribution is 2.20. The number of ether oxygens (including phenoxy) is 1. The van der Waals surface area contributed by atoms with Crippen molar-refractivity contribution in [3.63, 3.8) is 0 Å². The van der Waals surface area contributed by atoms with Gasteiger partial charge in [-0.3, -0.25) is 15.0 Å². The van der Waals surface area contributed by atoms with E-state index >= 15 is 0 Å². The van der Waals surface area contributed by atoms with Gasteiger partial charge in [0.2, 0.25) is 5.91 Å². The molecule has 2 unspecified atom stereocenters. The Morgan fingerprint density at radius 1 is 1.40 bits per heavy atom. The zero-order valence-corrected chi connectivity index (χ0v) is 12.4. The van der Waals surface area contributed by atoms with Crippen LogP contribution in [0.4, 0.5) is 4.79 Å². The monoisotopic (exact) mass is 286 g/mol. The van der Waals surface area contributed by atoms with Gasteiger partial charge < -0.3 is 15.8 Å². The largest absolute Gasteiger partial charge is 0.383 e. The lowest BCUT2D eigenvalue weighted by Gasteiger charge is -2.37. The second kappa shape index (κ2) is 8.89. The van der Waals surface area contributed by atoms with Gasteiger partial charge in [-0.25, -0.2) is 4.79 Å². The summed E-state index contributed by atoms with van der Waals surface area (Å²) < 4.78 is 4.81. The summed E-state index contributed by atoms with van der Waals surface area (Å²) in [6.07, 6.45) is 2.14. The van der Waals surface area contributed by atoms with Gasteiger partial charge in [0.25, 0.3) is 0 Å². The third kappa shape index (κ3) is 5.85. The number of nitrogens with one attached hydrogen (secondary N) is 2. The molecular formula is C13H26N4O3. The quantitative estimate of drug-likeness (QED) is 0.573. The first-order valence-electron chi connectivity index (χ1n) is 7.07. The lowest BCUT2D eigenvalue weighted by atomic mass is 9.93.